The van der Waals surface area contributed by atoms with E-state index in [1.165, 1.54) is 12.3 Å². The van der Waals surface area contributed by atoms with Crippen LogP contribution < -0.4 is 10.6 Å². The van der Waals surface area contributed by atoms with Crippen molar-refractivity contribution in [3.63, 3.8) is 0 Å². The molecule has 0 spiro atoms. The molecular formula is C14H11ClN4O. The Bertz CT molecular complexity index is 694. The highest BCUT2D eigenvalue weighted by Gasteiger charge is 2.13. The highest BCUT2D eigenvalue weighted by atomic mass is 35.5. The number of aromatic nitrogens is 1. The van der Waals surface area contributed by atoms with Gasteiger partial charge >= 0.3 is 0 Å². The molecule has 0 atom stereocenters. The van der Waals surface area contributed by atoms with Crippen LogP contribution in [0.3, 0.4) is 0 Å². The Labute approximate surface area is 121 Å². The van der Waals surface area contributed by atoms with Crippen LogP contribution in [0.1, 0.15) is 15.9 Å². The quantitative estimate of drug-likeness (QED) is 0.909. The number of pyridine rings is 1. The van der Waals surface area contributed by atoms with Crippen LogP contribution in [0.15, 0.2) is 36.7 Å². The number of benzene rings is 1. The van der Waals surface area contributed by atoms with E-state index < -0.39 is 0 Å². The molecule has 0 aliphatic carbocycles. The van der Waals surface area contributed by atoms with Crippen molar-refractivity contribution in [3.8, 4) is 6.07 Å². The van der Waals surface area contributed by atoms with E-state index in [1.807, 2.05) is 6.07 Å². The molecule has 0 fully saturated rings. The van der Waals surface area contributed by atoms with Gasteiger partial charge in [0, 0.05) is 30.2 Å². The van der Waals surface area contributed by atoms with Crippen molar-refractivity contribution in [1.82, 2.24) is 4.98 Å². The molecular weight excluding hydrogens is 276 g/mol. The number of nitrogens with zero attached hydrogens (tertiary/aromatic N) is 2. The lowest BCUT2D eigenvalue weighted by Crippen LogP contribution is -2.15. The van der Waals surface area contributed by atoms with Gasteiger partial charge in [0.1, 0.15) is 6.07 Å². The molecule has 2 rings (SSSR count). The van der Waals surface area contributed by atoms with Gasteiger partial charge in [-0.15, -0.1) is 0 Å². The zero-order chi connectivity index (χ0) is 14.5. The molecule has 6 heteroatoms. The zero-order valence-electron chi connectivity index (χ0n) is 10.6. The molecule has 0 aliphatic rings. The number of nitriles is 1. The average Bonchev–Trinajstić information content (AvgIpc) is 2.47. The van der Waals surface area contributed by atoms with E-state index in [-0.39, 0.29) is 5.91 Å². The van der Waals surface area contributed by atoms with E-state index in [9.17, 15) is 4.79 Å². The molecule has 1 aromatic carbocycles. The summed E-state index contributed by atoms with van der Waals surface area (Å²) >= 11 is 5.88. The summed E-state index contributed by atoms with van der Waals surface area (Å²) in [6.07, 6.45) is 3.04. The molecule has 0 aliphatic heterocycles. The minimum Gasteiger partial charge on any atom is -0.387 e. The second-order valence-electron chi connectivity index (χ2n) is 3.93. The van der Waals surface area contributed by atoms with Gasteiger partial charge in [0.25, 0.3) is 5.91 Å². The number of hydrogen-bond donors (Lipinski definition) is 2. The predicted octanol–water partition coefficient (Wildman–Crippen LogP) is 2.90. The number of carbonyl (C=O) groups excluding carboxylic acids is 1. The van der Waals surface area contributed by atoms with Gasteiger partial charge in [-0.05, 0) is 24.3 Å². The third kappa shape index (κ3) is 2.87. The van der Waals surface area contributed by atoms with Crippen molar-refractivity contribution < 1.29 is 4.79 Å². The SMILES string of the molecule is CNc1ccncc1C(=O)Nc1cc(Cl)ccc1C#N. The predicted molar refractivity (Wildman–Crippen MR) is 77.9 cm³/mol. The summed E-state index contributed by atoms with van der Waals surface area (Å²) < 4.78 is 0. The lowest BCUT2D eigenvalue weighted by Gasteiger charge is -2.10. The summed E-state index contributed by atoms with van der Waals surface area (Å²) in [6.45, 7) is 0. The topological polar surface area (TPSA) is 77.8 Å². The number of hydrogen-bond acceptors (Lipinski definition) is 4. The number of anilines is 2. The van der Waals surface area contributed by atoms with Crippen molar-refractivity contribution in [2.75, 3.05) is 17.7 Å². The van der Waals surface area contributed by atoms with Crippen LogP contribution in [0.2, 0.25) is 5.02 Å². The minimum atomic E-state index is -0.360. The lowest BCUT2D eigenvalue weighted by molar-refractivity contribution is 0.102. The number of carbonyl (C=O) groups is 1. The van der Waals surface area contributed by atoms with Gasteiger partial charge in [-0.2, -0.15) is 5.26 Å². The van der Waals surface area contributed by atoms with Crippen LogP contribution in [-0.2, 0) is 0 Å². The van der Waals surface area contributed by atoms with Crippen molar-refractivity contribution in [2.45, 2.75) is 0 Å². The Morgan fingerprint density at radius 3 is 2.85 bits per heavy atom. The van der Waals surface area contributed by atoms with Crippen molar-refractivity contribution in [2.24, 2.45) is 0 Å². The zero-order valence-corrected chi connectivity index (χ0v) is 11.4. The Morgan fingerprint density at radius 1 is 1.35 bits per heavy atom. The molecule has 1 heterocycles. The fraction of sp³-hybridized carbons (Fsp3) is 0.0714. The number of halogens is 1. The fourth-order valence-corrected chi connectivity index (χ4v) is 1.87. The number of nitrogens with one attached hydrogen (secondary N) is 2. The summed E-state index contributed by atoms with van der Waals surface area (Å²) in [7, 11) is 1.71. The third-order valence-electron chi connectivity index (χ3n) is 2.69. The van der Waals surface area contributed by atoms with E-state index in [4.69, 9.17) is 16.9 Å². The molecule has 0 saturated carbocycles. The van der Waals surface area contributed by atoms with Crippen LogP contribution >= 0.6 is 11.6 Å². The largest absolute Gasteiger partial charge is 0.387 e. The maximum atomic E-state index is 12.2. The Hall–Kier alpha value is -2.58. The summed E-state index contributed by atoms with van der Waals surface area (Å²) in [5, 5.41) is 15.0. The van der Waals surface area contributed by atoms with Crippen molar-refractivity contribution in [3.05, 3.63) is 52.8 Å². The van der Waals surface area contributed by atoms with Gasteiger partial charge in [-0.3, -0.25) is 9.78 Å². The van der Waals surface area contributed by atoms with Gasteiger partial charge in [-0.1, -0.05) is 11.6 Å². The van der Waals surface area contributed by atoms with Gasteiger partial charge in [0.2, 0.25) is 0 Å². The molecule has 2 N–H and O–H groups in total. The van der Waals surface area contributed by atoms with Crippen LogP contribution in [0.5, 0.6) is 0 Å². The third-order valence-corrected chi connectivity index (χ3v) is 2.92. The number of rotatable bonds is 3. The summed E-state index contributed by atoms with van der Waals surface area (Å²) in [5.41, 5.74) is 1.76. The summed E-state index contributed by atoms with van der Waals surface area (Å²) in [6, 6.07) is 8.38. The van der Waals surface area contributed by atoms with E-state index in [2.05, 4.69) is 15.6 Å². The van der Waals surface area contributed by atoms with Gasteiger partial charge in [-0.25, -0.2) is 0 Å². The van der Waals surface area contributed by atoms with Crippen molar-refractivity contribution in [1.29, 1.82) is 5.26 Å². The van der Waals surface area contributed by atoms with Crippen LogP contribution in [0.4, 0.5) is 11.4 Å². The van der Waals surface area contributed by atoms with Crippen LogP contribution in [-0.4, -0.2) is 17.9 Å². The molecule has 20 heavy (non-hydrogen) atoms. The summed E-state index contributed by atoms with van der Waals surface area (Å²) in [5.74, 6) is -0.360. The van der Waals surface area contributed by atoms with E-state index in [0.717, 1.165) is 0 Å². The lowest BCUT2D eigenvalue weighted by atomic mass is 10.1. The Kier molecular flexibility index (Phi) is 4.18. The highest BCUT2D eigenvalue weighted by molar-refractivity contribution is 6.31. The molecule has 0 radical (unpaired) electrons. The first-order valence-corrected chi connectivity index (χ1v) is 6.16. The molecule has 1 aromatic heterocycles. The minimum absolute atomic E-state index is 0.345. The molecule has 2 aromatic rings. The molecule has 5 nitrogen and oxygen atoms in total. The molecule has 0 saturated heterocycles. The standard InChI is InChI=1S/C14H11ClN4O/c1-17-12-4-5-18-8-11(12)14(20)19-13-6-10(15)3-2-9(13)7-16/h2-6,8H,1H3,(H,17,18)(H,19,20). The number of amides is 1. The van der Waals surface area contributed by atoms with E-state index in [1.54, 1.807) is 31.4 Å². The first-order valence-electron chi connectivity index (χ1n) is 5.78. The van der Waals surface area contributed by atoms with Crippen LogP contribution in [0.25, 0.3) is 0 Å². The van der Waals surface area contributed by atoms with Gasteiger partial charge < -0.3 is 10.6 Å². The monoisotopic (exact) mass is 286 g/mol. The van der Waals surface area contributed by atoms with E-state index in [0.29, 0.717) is 27.5 Å². The molecule has 0 bridgehead atoms. The Balaban J connectivity index is 2.33. The van der Waals surface area contributed by atoms with E-state index >= 15 is 0 Å². The average molecular weight is 287 g/mol. The van der Waals surface area contributed by atoms with Gasteiger partial charge in [0.05, 0.1) is 16.8 Å². The normalized spacial score (nSPS) is 9.65. The second kappa shape index (κ2) is 6.04. The smallest absolute Gasteiger partial charge is 0.259 e. The molecule has 0 unspecified atom stereocenters. The maximum absolute atomic E-state index is 12.2. The molecule has 100 valence electrons. The Morgan fingerprint density at radius 2 is 2.15 bits per heavy atom. The first kappa shape index (κ1) is 13.8. The molecule has 1 amide bonds. The van der Waals surface area contributed by atoms with Gasteiger partial charge in [0.15, 0.2) is 0 Å². The second-order valence-corrected chi connectivity index (χ2v) is 4.36. The summed E-state index contributed by atoms with van der Waals surface area (Å²) in [4.78, 5) is 16.2. The fourth-order valence-electron chi connectivity index (χ4n) is 1.70. The maximum Gasteiger partial charge on any atom is 0.259 e. The first-order chi connectivity index (χ1) is 9.65. The highest BCUT2D eigenvalue weighted by Crippen LogP contribution is 2.22. The van der Waals surface area contributed by atoms with Crippen LogP contribution in [0, 0.1) is 11.3 Å². The van der Waals surface area contributed by atoms with Crippen molar-refractivity contribution >= 4 is 28.9 Å².